The fraction of sp³-hybridized carbons (Fsp3) is 0.400. The Morgan fingerprint density at radius 1 is 1.16 bits per heavy atom. The van der Waals surface area contributed by atoms with Crippen LogP contribution >= 0.6 is 24.0 Å². The van der Waals surface area contributed by atoms with Crippen LogP contribution in [0.3, 0.4) is 0 Å². The van der Waals surface area contributed by atoms with Crippen molar-refractivity contribution in [1.29, 1.82) is 0 Å². The molecule has 0 saturated carbocycles. The Morgan fingerprint density at radius 2 is 1.68 bits per heavy atom. The Hall–Kier alpha value is -0.630. The number of aliphatic hydroxyl groups excluding tert-OH is 1. The number of hydrogen-bond acceptors (Lipinski definition) is 2. The number of halogens is 7. The molecule has 0 fully saturated rings. The molecule has 0 aromatic heterocycles. The first kappa shape index (κ1) is 18.4. The minimum atomic E-state index is -4.71. The van der Waals surface area contributed by atoms with E-state index in [-0.39, 0.29) is 17.4 Å². The first-order valence-electron chi connectivity index (χ1n) is 4.70. The van der Waals surface area contributed by atoms with Crippen LogP contribution < -0.4 is 5.73 Å². The molecule has 0 unspecified atom stereocenters. The summed E-state index contributed by atoms with van der Waals surface area (Å²) in [5.41, 5.74) is 3.46. The molecular formula is C10H10Cl2F5NO. The number of aliphatic hydroxyl groups is 1. The molecule has 2 nitrogen and oxygen atoms in total. The summed E-state index contributed by atoms with van der Waals surface area (Å²) in [6.07, 6.45) is -4.71. The second-order valence-electron chi connectivity index (χ2n) is 3.67. The van der Waals surface area contributed by atoms with Crippen LogP contribution in [0, 0.1) is 0 Å². The van der Waals surface area contributed by atoms with Crippen LogP contribution in [-0.2, 0) is 6.18 Å². The Balaban J connectivity index is 0.00000324. The molecule has 1 rings (SSSR count). The molecule has 0 heterocycles. The summed E-state index contributed by atoms with van der Waals surface area (Å²) in [6.45, 7) is -1.57. The SMILES string of the molecule is Cl.N[C@@H](c1cc(Cl)cc(C(F)(F)F)c1)C(F)(F)CO. The lowest BCUT2D eigenvalue weighted by Crippen LogP contribution is -2.36. The van der Waals surface area contributed by atoms with Gasteiger partial charge in [-0.05, 0) is 23.8 Å². The van der Waals surface area contributed by atoms with Crippen LogP contribution in [-0.4, -0.2) is 17.6 Å². The van der Waals surface area contributed by atoms with Crippen LogP contribution in [0.1, 0.15) is 17.2 Å². The zero-order valence-electron chi connectivity index (χ0n) is 9.22. The highest BCUT2D eigenvalue weighted by Gasteiger charge is 2.39. The van der Waals surface area contributed by atoms with Gasteiger partial charge in [0.1, 0.15) is 6.61 Å². The third-order valence-corrected chi connectivity index (χ3v) is 2.49. The molecule has 9 heteroatoms. The van der Waals surface area contributed by atoms with Crippen molar-refractivity contribution in [2.75, 3.05) is 6.61 Å². The van der Waals surface area contributed by atoms with Crippen molar-refractivity contribution in [3.63, 3.8) is 0 Å². The molecule has 0 radical (unpaired) electrons. The molecule has 0 saturated heterocycles. The third-order valence-electron chi connectivity index (χ3n) is 2.27. The van der Waals surface area contributed by atoms with Gasteiger partial charge in [-0.3, -0.25) is 0 Å². The molecule has 0 spiro atoms. The molecule has 1 aromatic rings. The van der Waals surface area contributed by atoms with Gasteiger partial charge >= 0.3 is 6.18 Å². The van der Waals surface area contributed by atoms with E-state index in [1.807, 2.05) is 0 Å². The summed E-state index contributed by atoms with van der Waals surface area (Å²) < 4.78 is 63.5. The predicted molar refractivity (Wildman–Crippen MR) is 62.7 cm³/mol. The molecule has 0 aliphatic carbocycles. The lowest BCUT2D eigenvalue weighted by molar-refractivity contribution is -0.137. The predicted octanol–water partition coefficient (Wildman–Crippen LogP) is 3.41. The maximum Gasteiger partial charge on any atom is 0.416 e. The largest absolute Gasteiger partial charge is 0.416 e. The van der Waals surface area contributed by atoms with E-state index < -0.39 is 35.9 Å². The van der Waals surface area contributed by atoms with Gasteiger partial charge in [0.2, 0.25) is 0 Å². The summed E-state index contributed by atoms with van der Waals surface area (Å²) in [4.78, 5) is 0. The summed E-state index contributed by atoms with van der Waals surface area (Å²) >= 11 is 5.43. The molecule has 0 bridgehead atoms. The number of alkyl halides is 5. The van der Waals surface area contributed by atoms with Crippen molar-refractivity contribution in [1.82, 2.24) is 0 Å². The van der Waals surface area contributed by atoms with Gasteiger partial charge in [-0.2, -0.15) is 13.2 Å². The van der Waals surface area contributed by atoms with Crippen LogP contribution in [0.2, 0.25) is 5.02 Å². The zero-order valence-corrected chi connectivity index (χ0v) is 10.8. The first-order chi connectivity index (χ1) is 8.08. The zero-order chi connectivity index (χ0) is 14.1. The van der Waals surface area contributed by atoms with E-state index in [9.17, 15) is 22.0 Å². The lowest BCUT2D eigenvalue weighted by Gasteiger charge is -2.22. The Labute approximate surface area is 116 Å². The highest BCUT2D eigenvalue weighted by atomic mass is 35.5. The minimum Gasteiger partial charge on any atom is -0.390 e. The van der Waals surface area contributed by atoms with Gasteiger partial charge in [-0.1, -0.05) is 11.6 Å². The van der Waals surface area contributed by atoms with Gasteiger partial charge in [0.15, 0.2) is 0 Å². The number of hydrogen-bond donors (Lipinski definition) is 2. The van der Waals surface area contributed by atoms with E-state index in [1.54, 1.807) is 0 Å². The van der Waals surface area contributed by atoms with Crippen LogP contribution in [0.15, 0.2) is 18.2 Å². The summed E-state index contributed by atoms with van der Waals surface area (Å²) in [7, 11) is 0. The fourth-order valence-corrected chi connectivity index (χ4v) is 1.54. The number of rotatable bonds is 3. The van der Waals surface area contributed by atoms with Crippen molar-refractivity contribution < 1.29 is 27.1 Å². The summed E-state index contributed by atoms with van der Waals surface area (Å²) in [5, 5.41) is 8.08. The monoisotopic (exact) mass is 325 g/mol. The van der Waals surface area contributed by atoms with Crippen LogP contribution in [0.5, 0.6) is 0 Å². The molecule has 1 aromatic carbocycles. The topological polar surface area (TPSA) is 46.2 Å². The third kappa shape index (κ3) is 4.45. The van der Waals surface area contributed by atoms with Gasteiger partial charge in [-0.25, -0.2) is 8.78 Å². The Kier molecular flexibility index (Phi) is 6.01. The lowest BCUT2D eigenvalue weighted by atomic mass is 9.99. The molecule has 3 N–H and O–H groups in total. The second-order valence-corrected chi connectivity index (χ2v) is 4.10. The van der Waals surface area contributed by atoms with E-state index in [0.717, 1.165) is 6.07 Å². The van der Waals surface area contributed by atoms with E-state index >= 15 is 0 Å². The molecule has 0 amide bonds. The first-order valence-corrected chi connectivity index (χ1v) is 5.07. The van der Waals surface area contributed by atoms with Crippen LogP contribution in [0.25, 0.3) is 0 Å². The molecule has 0 aliphatic rings. The average molecular weight is 326 g/mol. The van der Waals surface area contributed by atoms with Gasteiger partial charge < -0.3 is 10.8 Å². The Morgan fingerprint density at radius 3 is 2.11 bits per heavy atom. The maximum absolute atomic E-state index is 13.1. The normalized spacial score (nSPS) is 13.9. The maximum atomic E-state index is 13.1. The van der Waals surface area contributed by atoms with Gasteiger partial charge in [0, 0.05) is 5.02 Å². The van der Waals surface area contributed by atoms with E-state index in [0.29, 0.717) is 12.1 Å². The summed E-state index contributed by atoms with van der Waals surface area (Å²) in [6, 6.07) is -0.0673. The minimum absolute atomic E-state index is 0. The fourth-order valence-electron chi connectivity index (χ4n) is 1.30. The van der Waals surface area contributed by atoms with Crippen molar-refractivity contribution in [2.24, 2.45) is 5.73 Å². The quantitative estimate of drug-likeness (QED) is 0.836. The number of nitrogens with two attached hydrogens (primary N) is 1. The highest BCUT2D eigenvalue weighted by molar-refractivity contribution is 6.30. The van der Waals surface area contributed by atoms with E-state index in [1.165, 1.54) is 0 Å². The summed E-state index contributed by atoms with van der Waals surface area (Å²) in [5.74, 6) is -3.73. The van der Waals surface area contributed by atoms with E-state index in [4.69, 9.17) is 22.4 Å². The number of benzene rings is 1. The van der Waals surface area contributed by atoms with E-state index in [2.05, 4.69) is 0 Å². The molecule has 1 atom stereocenters. The van der Waals surface area contributed by atoms with Gasteiger partial charge in [0.05, 0.1) is 11.6 Å². The van der Waals surface area contributed by atoms with Crippen molar-refractivity contribution >= 4 is 24.0 Å². The van der Waals surface area contributed by atoms with Crippen molar-refractivity contribution in [3.8, 4) is 0 Å². The van der Waals surface area contributed by atoms with Crippen molar-refractivity contribution in [2.45, 2.75) is 18.1 Å². The standard InChI is InChI=1S/C10H9ClF5NO.ClH/c11-7-2-5(8(17)9(12,13)4-18)1-6(3-7)10(14,15)16;/h1-3,8,18H,4,17H2;1H/t8-;/m0./s1. The molecule has 110 valence electrons. The van der Waals surface area contributed by atoms with Crippen LogP contribution in [0.4, 0.5) is 22.0 Å². The second kappa shape index (κ2) is 6.21. The molecule has 0 aliphatic heterocycles. The Bertz CT molecular complexity index is 438. The van der Waals surface area contributed by atoms with Gasteiger partial charge in [-0.15, -0.1) is 12.4 Å². The highest BCUT2D eigenvalue weighted by Crippen LogP contribution is 2.36. The van der Waals surface area contributed by atoms with Gasteiger partial charge in [0.25, 0.3) is 5.92 Å². The van der Waals surface area contributed by atoms with Crippen molar-refractivity contribution in [3.05, 3.63) is 34.3 Å². The smallest absolute Gasteiger partial charge is 0.390 e. The molecule has 19 heavy (non-hydrogen) atoms. The average Bonchev–Trinajstić information content (AvgIpc) is 2.26. The molecular weight excluding hydrogens is 316 g/mol.